The first-order valence-corrected chi connectivity index (χ1v) is 19.0. The molecule has 0 unspecified atom stereocenters. The first-order valence-electron chi connectivity index (χ1n) is 16.2. The quantitative estimate of drug-likeness (QED) is 0.119. The molecule has 0 atom stereocenters. The molecule has 0 saturated heterocycles. The van der Waals surface area contributed by atoms with Gasteiger partial charge >= 0.3 is 59.1 Å². The predicted molar refractivity (Wildman–Crippen MR) is 210 cm³/mol. The minimum absolute atomic E-state index is 0. The molecule has 0 aromatic heterocycles. The molecular formula is C44H34Na2O6S2. The Kier molecular flexibility index (Phi) is 18.0. The van der Waals surface area contributed by atoms with Gasteiger partial charge in [0.15, 0.2) is 0 Å². The summed E-state index contributed by atoms with van der Waals surface area (Å²) in [5.41, 5.74) is 5.92. The van der Waals surface area contributed by atoms with E-state index >= 15 is 0 Å². The molecule has 0 fully saturated rings. The molecule has 10 heteroatoms. The van der Waals surface area contributed by atoms with Crippen molar-refractivity contribution in [3.8, 4) is 0 Å². The number of hydrogen-bond acceptors (Lipinski definition) is 6. The fourth-order valence-electron chi connectivity index (χ4n) is 5.19. The summed E-state index contributed by atoms with van der Waals surface area (Å²) in [5.74, 6) is 0. The van der Waals surface area contributed by atoms with E-state index in [9.17, 15) is 25.9 Å². The van der Waals surface area contributed by atoms with Crippen LogP contribution in [0.25, 0.3) is 48.6 Å². The minimum atomic E-state index is -4.58. The molecule has 260 valence electrons. The van der Waals surface area contributed by atoms with Gasteiger partial charge in [-0.25, -0.2) is 16.8 Å². The van der Waals surface area contributed by atoms with Crippen LogP contribution in [0.15, 0.2) is 168 Å². The summed E-state index contributed by atoms with van der Waals surface area (Å²) in [6.07, 6.45) is 14.3. The van der Waals surface area contributed by atoms with Gasteiger partial charge in [0.25, 0.3) is 0 Å². The van der Waals surface area contributed by atoms with E-state index in [0.717, 1.165) is 22.3 Å². The van der Waals surface area contributed by atoms with E-state index in [1.54, 1.807) is 48.6 Å². The average Bonchev–Trinajstić information content (AvgIpc) is 3.16. The third kappa shape index (κ3) is 13.7. The second kappa shape index (κ2) is 21.9. The van der Waals surface area contributed by atoms with Crippen LogP contribution in [0.1, 0.15) is 44.5 Å². The van der Waals surface area contributed by atoms with Crippen molar-refractivity contribution in [1.29, 1.82) is 0 Å². The zero-order valence-electron chi connectivity index (χ0n) is 29.9. The summed E-state index contributed by atoms with van der Waals surface area (Å²) in [4.78, 5) is -0.445. The van der Waals surface area contributed by atoms with Gasteiger partial charge in [0, 0.05) is 0 Å². The van der Waals surface area contributed by atoms with E-state index in [-0.39, 0.29) is 68.9 Å². The van der Waals surface area contributed by atoms with Gasteiger partial charge in [0.1, 0.15) is 20.2 Å². The smallest absolute Gasteiger partial charge is 0.744 e. The molecule has 0 bridgehead atoms. The molecule has 54 heavy (non-hydrogen) atoms. The molecule has 0 aliphatic heterocycles. The maximum Gasteiger partial charge on any atom is 1.00 e. The van der Waals surface area contributed by atoms with Crippen LogP contribution in [0.3, 0.4) is 0 Å². The van der Waals surface area contributed by atoms with Crippen molar-refractivity contribution in [3.63, 3.8) is 0 Å². The van der Waals surface area contributed by atoms with Gasteiger partial charge in [0.05, 0.1) is 9.79 Å². The largest absolute Gasteiger partial charge is 1.00 e. The third-order valence-electron chi connectivity index (χ3n) is 7.73. The molecule has 0 saturated carbocycles. The fraction of sp³-hybridized carbons (Fsp3) is 0. The van der Waals surface area contributed by atoms with Crippen LogP contribution < -0.4 is 59.1 Å². The van der Waals surface area contributed by atoms with Gasteiger partial charge in [-0.3, -0.25) is 0 Å². The molecule has 0 radical (unpaired) electrons. The van der Waals surface area contributed by atoms with Crippen molar-refractivity contribution in [2.45, 2.75) is 9.79 Å². The summed E-state index contributed by atoms with van der Waals surface area (Å²) in [6.45, 7) is 0. The van der Waals surface area contributed by atoms with Crippen LogP contribution >= 0.6 is 0 Å². The summed E-state index contributed by atoms with van der Waals surface area (Å²) >= 11 is 0. The summed E-state index contributed by atoms with van der Waals surface area (Å²) in [5, 5.41) is 0. The van der Waals surface area contributed by atoms with E-state index < -0.39 is 20.2 Å². The van der Waals surface area contributed by atoms with Crippen molar-refractivity contribution in [1.82, 2.24) is 0 Å². The van der Waals surface area contributed by atoms with Gasteiger partial charge < -0.3 is 9.11 Å². The molecule has 6 aromatic carbocycles. The van der Waals surface area contributed by atoms with Crippen LogP contribution in [0, 0.1) is 0 Å². The zero-order chi connectivity index (χ0) is 36.8. The van der Waals surface area contributed by atoms with E-state index in [1.807, 2.05) is 146 Å². The third-order valence-corrected chi connectivity index (χ3v) is 9.52. The number of rotatable bonds is 10. The van der Waals surface area contributed by atoms with Gasteiger partial charge in [-0.1, -0.05) is 194 Å². The second-order valence-corrected chi connectivity index (χ2v) is 14.1. The predicted octanol–water partition coefficient (Wildman–Crippen LogP) is 3.87. The van der Waals surface area contributed by atoms with Crippen LogP contribution in [0.2, 0.25) is 0 Å². The summed E-state index contributed by atoms with van der Waals surface area (Å²) < 4.78 is 70.1. The van der Waals surface area contributed by atoms with Crippen molar-refractivity contribution in [2.75, 3.05) is 0 Å². The minimum Gasteiger partial charge on any atom is -0.744 e. The van der Waals surface area contributed by atoms with Gasteiger partial charge in [-0.15, -0.1) is 0 Å². The van der Waals surface area contributed by atoms with Crippen molar-refractivity contribution >= 4 is 68.8 Å². The first kappa shape index (κ1) is 44.5. The topological polar surface area (TPSA) is 114 Å². The Morgan fingerprint density at radius 2 is 0.574 bits per heavy atom. The Bertz CT molecular complexity index is 2260. The van der Waals surface area contributed by atoms with Crippen molar-refractivity contribution in [3.05, 3.63) is 202 Å². The van der Waals surface area contributed by atoms with Gasteiger partial charge in [0.2, 0.25) is 0 Å². The Morgan fingerprint density at radius 1 is 0.315 bits per heavy atom. The molecule has 6 aromatic rings. The number of benzene rings is 6. The van der Waals surface area contributed by atoms with Crippen LogP contribution in [0.5, 0.6) is 0 Å². The Balaban J connectivity index is 0.000000280. The normalized spacial score (nSPS) is 11.6. The average molecular weight is 769 g/mol. The standard InChI is InChI=1S/2C22H18O3S.2Na/c2*23-26(24,25)22-13-7-12-20(16-14-18-8-3-1-4-9-18)21(22)17-15-19-10-5-2-6-11-19;;/h2*1-17H,(H,23,24,25);;/q;;2*+1/p-2/b2*16-14+,17-15+;;. The number of hydrogen-bond donors (Lipinski definition) is 0. The zero-order valence-corrected chi connectivity index (χ0v) is 35.5. The summed E-state index contributed by atoms with van der Waals surface area (Å²) in [7, 11) is -9.16. The Labute approximate surface area is 362 Å². The maximum absolute atomic E-state index is 11.7. The monoisotopic (exact) mass is 768 g/mol. The molecule has 0 amide bonds. The molecule has 0 aliphatic carbocycles. The molecule has 0 aliphatic rings. The molecule has 0 heterocycles. The van der Waals surface area contributed by atoms with E-state index in [1.165, 1.54) is 12.1 Å². The molecular weight excluding hydrogens is 735 g/mol. The first-order chi connectivity index (χ1) is 25.1. The van der Waals surface area contributed by atoms with E-state index in [4.69, 9.17) is 0 Å². The van der Waals surface area contributed by atoms with E-state index in [2.05, 4.69) is 0 Å². The maximum atomic E-state index is 11.7. The van der Waals surface area contributed by atoms with E-state index in [0.29, 0.717) is 22.3 Å². The second-order valence-electron chi connectivity index (χ2n) is 11.4. The Morgan fingerprint density at radius 3 is 0.833 bits per heavy atom. The van der Waals surface area contributed by atoms with Gasteiger partial charge in [-0.2, -0.15) is 0 Å². The van der Waals surface area contributed by atoms with Crippen LogP contribution in [-0.4, -0.2) is 25.9 Å². The molecule has 0 spiro atoms. The molecule has 6 rings (SSSR count). The van der Waals surface area contributed by atoms with Crippen molar-refractivity contribution in [2.24, 2.45) is 0 Å². The fourth-order valence-corrected chi connectivity index (χ4v) is 6.59. The van der Waals surface area contributed by atoms with Gasteiger partial charge in [-0.05, 0) is 56.6 Å². The van der Waals surface area contributed by atoms with Crippen molar-refractivity contribution < 1.29 is 85.1 Å². The SMILES string of the molecule is O=S(=O)([O-])c1cccc(/C=C/c2ccccc2)c1/C=C/c1ccccc1.O=S(=O)([O-])c1cccc(/C=C/c2ccccc2)c1/C=C/c1ccccc1.[Na+].[Na+]. The summed E-state index contributed by atoms with van der Waals surface area (Å²) in [6, 6.07) is 47.8. The Hall–Kier alpha value is -3.90. The van der Waals surface area contributed by atoms with Crippen LogP contribution in [0.4, 0.5) is 0 Å². The molecule has 6 nitrogen and oxygen atoms in total. The van der Waals surface area contributed by atoms with Crippen LogP contribution in [-0.2, 0) is 20.2 Å². The molecule has 0 N–H and O–H groups in total.